The van der Waals surface area contributed by atoms with Crippen molar-refractivity contribution in [2.24, 2.45) is 0 Å². The van der Waals surface area contributed by atoms with Gasteiger partial charge >= 0.3 is 0 Å². The molecule has 7 heteroatoms. The smallest absolute Gasteiger partial charge is 0.254 e. The molecule has 1 unspecified atom stereocenters. The van der Waals surface area contributed by atoms with Crippen LogP contribution >= 0.6 is 11.6 Å². The van der Waals surface area contributed by atoms with Crippen LogP contribution in [0.5, 0.6) is 0 Å². The first kappa shape index (κ1) is 18.0. The molecule has 1 atom stereocenters. The molecule has 0 spiro atoms. The van der Waals surface area contributed by atoms with Crippen LogP contribution in [0.2, 0.25) is 5.02 Å². The van der Waals surface area contributed by atoms with Gasteiger partial charge in [-0.25, -0.2) is 4.98 Å². The monoisotopic (exact) mass is 386 g/mol. The van der Waals surface area contributed by atoms with Gasteiger partial charge in [-0.1, -0.05) is 23.7 Å². The van der Waals surface area contributed by atoms with E-state index in [4.69, 9.17) is 20.8 Å². The highest BCUT2D eigenvalue weighted by Gasteiger charge is 2.22. The number of carbonyl (C=O) groups excluding carboxylic acids is 1. The van der Waals surface area contributed by atoms with E-state index in [1.54, 1.807) is 23.1 Å². The lowest BCUT2D eigenvalue weighted by Gasteiger charge is -2.21. The molecule has 6 nitrogen and oxygen atoms in total. The van der Waals surface area contributed by atoms with Crippen LogP contribution in [0.1, 0.15) is 21.8 Å². The average molecular weight is 387 g/mol. The Morgan fingerprint density at radius 2 is 2.07 bits per heavy atom. The number of oxazole rings is 1. The highest BCUT2D eigenvalue weighted by molar-refractivity contribution is 6.30. The fraction of sp³-hybridized carbons (Fsp3) is 0.300. The highest BCUT2D eigenvalue weighted by Crippen LogP contribution is 2.21. The number of halogens is 1. The Balaban J connectivity index is 1.55. The van der Waals surface area contributed by atoms with Crippen LogP contribution in [0.3, 0.4) is 0 Å². The molecule has 1 N–H and O–H groups in total. The van der Waals surface area contributed by atoms with Crippen molar-refractivity contribution in [2.45, 2.75) is 12.5 Å². The molecule has 2 heterocycles. The van der Waals surface area contributed by atoms with Crippen molar-refractivity contribution in [3.63, 3.8) is 0 Å². The van der Waals surface area contributed by atoms with Crippen LogP contribution in [-0.4, -0.2) is 53.3 Å². The van der Waals surface area contributed by atoms with Crippen LogP contribution in [0.4, 0.5) is 0 Å². The molecule has 1 amide bonds. The first-order valence-electron chi connectivity index (χ1n) is 8.77. The molecule has 1 fully saturated rings. The van der Waals surface area contributed by atoms with Crippen LogP contribution < -0.4 is 0 Å². The van der Waals surface area contributed by atoms with Gasteiger partial charge in [0.15, 0.2) is 11.5 Å². The number of fused-ring (bicyclic) bond motifs is 1. The number of aliphatic hydroxyl groups is 1. The number of hydrogen-bond acceptors (Lipinski definition) is 5. The zero-order valence-corrected chi connectivity index (χ0v) is 15.4. The van der Waals surface area contributed by atoms with Gasteiger partial charge in [0.1, 0.15) is 5.52 Å². The molecule has 1 aliphatic rings. The lowest BCUT2D eigenvalue weighted by Crippen LogP contribution is -2.37. The molecule has 140 valence electrons. The van der Waals surface area contributed by atoms with Crippen molar-refractivity contribution in [3.05, 3.63) is 64.5 Å². The predicted molar refractivity (Wildman–Crippen MR) is 101 cm³/mol. The minimum atomic E-state index is -0.668. The fourth-order valence-corrected chi connectivity index (χ4v) is 3.25. The highest BCUT2D eigenvalue weighted by atomic mass is 35.5. The molecular weight excluding hydrogens is 368 g/mol. The number of ether oxygens (including phenoxy) is 1. The van der Waals surface area contributed by atoms with Crippen molar-refractivity contribution in [1.29, 1.82) is 0 Å². The summed E-state index contributed by atoms with van der Waals surface area (Å²) in [7, 11) is 0. The van der Waals surface area contributed by atoms with Gasteiger partial charge in [-0.2, -0.15) is 0 Å². The lowest BCUT2D eigenvalue weighted by molar-refractivity contribution is 0.0534. The quantitative estimate of drug-likeness (QED) is 0.749. The molecule has 4 rings (SSSR count). The Morgan fingerprint density at radius 3 is 2.89 bits per heavy atom. The molecule has 0 radical (unpaired) electrons. The van der Waals surface area contributed by atoms with E-state index < -0.39 is 6.10 Å². The average Bonchev–Trinajstić information content (AvgIpc) is 2.93. The molecule has 0 saturated carbocycles. The predicted octanol–water partition coefficient (Wildman–Crippen LogP) is 2.91. The van der Waals surface area contributed by atoms with Gasteiger partial charge in [0.05, 0.1) is 19.3 Å². The van der Waals surface area contributed by atoms with E-state index in [1.807, 2.05) is 24.3 Å². The second kappa shape index (κ2) is 7.68. The Morgan fingerprint density at radius 1 is 1.26 bits per heavy atom. The number of rotatable bonds is 3. The first-order chi connectivity index (χ1) is 13.1. The standard InChI is InChI=1S/C20H19ClN2O4/c21-15-4-1-13(2-5-15)9-19-22-17-10-14(3-6-18(17)27-19)20(25)23-7-8-26-12-16(24)11-23/h1-6,10,16,24H,7-9,11-12H2. The zero-order chi connectivity index (χ0) is 18.8. The Bertz CT molecular complexity index is 954. The number of β-amino-alcohol motifs (C(OH)–C–C–N with tert-alkyl or cyclic N) is 1. The van der Waals surface area contributed by atoms with Gasteiger partial charge in [-0.3, -0.25) is 4.79 Å². The topological polar surface area (TPSA) is 75.8 Å². The SMILES string of the molecule is O=C(c1ccc2oc(Cc3ccc(Cl)cc3)nc2c1)N1CCOCC(O)C1. The summed E-state index contributed by atoms with van der Waals surface area (Å²) in [5, 5.41) is 10.5. The second-order valence-electron chi connectivity index (χ2n) is 6.57. The Kier molecular flexibility index (Phi) is 5.11. The lowest BCUT2D eigenvalue weighted by atomic mass is 10.1. The molecule has 0 aliphatic carbocycles. The molecular formula is C20H19ClN2O4. The van der Waals surface area contributed by atoms with Crippen molar-refractivity contribution in [3.8, 4) is 0 Å². The summed E-state index contributed by atoms with van der Waals surface area (Å²) in [5.41, 5.74) is 2.83. The third kappa shape index (κ3) is 4.13. The third-order valence-electron chi connectivity index (χ3n) is 4.48. The Labute approximate surface area is 161 Å². The number of carbonyl (C=O) groups is 1. The van der Waals surface area contributed by atoms with Gasteiger partial charge in [-0.05, 0) is 35.9 Å². The molecule has 27 heavy (non-hydrogen) atoms. The second-order valence-corrected chi connectivity index (χ2v) is 7.01. The minimum Gasteiger partial charge on any atom is -0.440 e. The number of benzene rings is 2. The summed E-state index contributed by atoms with van der Waals surface area (Å²) in [6.07, 6.45) is -0.122. The van der Waals surface area contributed by atoms with Crippen LogP contribution in [-0.2, 0) is 11.2 Å². The molecule has 1 saturated heterocycles. The van der Waals surface area contributed by atoms with Crippen molar-refractivity contribution in [1.82, 2.24) is 9.88 Å². The van der Waals surface area contributed by atoms with Gasteiger partial charge in [0, 0.05) is 30.1 Å². The largest absolute Gasteiger partial charge is 0.440 e. The van der Waals surface area contributed by atoms with Crippen LogP contribution in [0.25, 0.3) is 11.1 Å². The number of aromatic nitrogens is 1. The summed E-state index contributed by atoms with van der Waals surface area (Å²) >= 11 is 5.91. The summed E-state index contributed by atoms with van der Waals surface area (Å²) in [5.74, 6) is 0.430. The first-order valence-corrected chi connectivity index (χ1v) is 9.15. The minimum absolute atomic E-state index is 0.149. The van der Waals surface area contributed by atoms with Crippen molar-refractivity contribution < 1.29 is 19.1 Å². The maximum Gasteiger partial charge on any atom is 0.254 e. The van der Waals surface area contributed by atoms with Crippen LogP contribution in [0, 0.1) is 0 Å². The summed E-state index contributed by atoms with van der Waals surface area (Å²) < 4.78 is 11.1. The fourth-order valence-electron chi connectivity index (χ4n) is 3.12. The van der Waals surface area contributed by atoms with E-state index in [0.29, 0.717) is 47.1 Å². The summed E-state index contributed by atoms with van der Waals surface area (Å²) in [6, 6.07) is 12.7. The van der Waals surface area contributed by atoms with Crippen molar-refractivity contribution in [2.75, 3.05) is 26.3 Å². The van der Waals surface area contributed by atoms with E-state index in [-0.39, 0.29) is 19.1 Å². The Hall–Kier alpha value is -2.41. The maximum absolute atomic E-state index is 12.8. The van der Waals surface area contributed by atoms with Gasteiger partial charge in [-0.15, -0.1) is 0 Å². The zero-order valence-electron chi connectivity index (χ0n) is 14.6. The summed E-state index contributed by atoms with van der Waals surface area (Å²) in [6.45, 7) is 1.38. The molecule has 2 aromatic carbocycles. The number of nitrogens with zero attached hydrogens (tertiary/aromatic N) is 2. The van der Waals surface area contributed by atoms with Gasteiger partial charge < -0.3 is 19.2 Å². The molecule has 0 bridgehead atoms. The van der Waals surface area contributed by atoms with E-state index in [9.17, 15) is 9.90 Å². The molecule has 3 aromatic rings. The normalized spacial score (nSPS) is 17.9. The summed E-state index contributed by atoms with van der Waals surface area (Å²) in [4.78, 5) is 18.9. The van der Waals surface area contributed by atoms with E-state index in [2.05, 4.69) is 4.98 Å². The molecule has 1 aromatic heterocycles. The molecule has 1 aliphatic heterocycles. The van der Waals surface area contributed by atoms with E-state index >= 15 is 0 Å². The third-order valence-corrected chi connectivity index (χ3v) is 4.73. The van der Waals surface area contributed by atoms with Gasteiger partial charge in [0.2, 0.25) is 0 Å². The van der Waals surface area contributed by atoms with Crippen LogP contribution in [0.15, 0.2) is 46.9 Å². The van der Waals surface area contributed by atoms with E-state index in [1.165, 1.54) is 0 Å². The van der Waals surface area contributed by atoms with Gasteiger partial charge in [0.25, 0.3) is 5.91 Å². The van der Waals surface area contributed by atoms with E-state index in [0.717, 1.165) is 5.56 Å². The number of hydrogen-bond donors (Lipinski definition) is 1. The number of aliphatic hydroxyl groups excluding tert-OH is 1. The van der Waals surface area contributed by atoms with Crippen molar-refractivity contribution >= 4 is 28.6 Å². The number of amides is 1. The maximum atomic E-state index is 12.8.